The Morgan fingerprint density at radius 2 is 1.12 bits per heavy atom. The predicted molar refractivity (Wildman–Crippen MR) is 85.9 cm³/mol. The van der Waals surface area contributed by atoms with Gasteiger partial charge in [-0.15, -0.1) is 0 Å². The predicted octanol–water partition coefficient (Wildman–Crippen LogP) is 0.181. The minimum absolute atomic E-state index is 0.691. The third-order valence-corrected chi connectivity index (χ3v) is 4.32. The minimum Gasteiger partial charge on any atom is -0.392 e. The molecule has 0 aromatic heterocycles. The zero-order valence-electron chi connectivity index (χ0n) is 13.7. The minimum atomic E-state index is -2.12. The molecule has 25 heavy (non-hydrogen) atoms. The largest absolute Gasteiger partial charge is 0.392 e. The number of aliphatic hydroxyl groups is 2. The molecular formula is C18H18O7. The van der Waals surface area contributed by atoms with E-state index in [-0.39, 0.29) is 0 Å². The van der Waals surface area contributed by atoms with Crippen molar-refractivity contribution in [3.8, 4) is 0 Å². The summed E-state index contributed by atoms with van der Waals surface area (Å²) in [6, 6.07) is 0. The Hall–Kier alpha value is -2.64. The van der Waals surface area contributed by atoms with Crippen molar-refractivity contribution in [1.82, 2.24) is 0 Å². The molecule has 0 spiro atoms. The van der Waals surface area contributed by atoms with Gasteiger partial charge in [0.2, 0.25) is 0 Å². The van der Waals surface area contributed by atoms with E-state index in [0.717, 1.165) is 26.0 Å². The van der Waals surface area contributed by atoms with E-state index in [4.69, 9.17) is 4.74 Å². The fraction of sp³-hybridized carbons (Fsp3) is 0.333. The number of carbonyl (C=O) groups is 4. The molecule has 2 aliphatic rings. The number of Topliss-reactive ketones (excluding diaryl/α,β-unsaturated/α-hetero) is 2. The number of hydrogen-bond acceptors (Lipinski definition) is 7. The van der Waals surface area contributed by atoms with Gasteiger partial charge in [0, 0.05) is 0 Å². The maximum Gasteiger partial charge on any atom is 0.324 e. The zero-order valence-corrected chi connectivity index (χ0v) is 13.7. The molecule has 0 heterocycles. The van der Waals surface area contributed by atoms with Crippen molar-refractivity contribution >= 4 is 23.5 Å². The lowest BCUT2D eigenvalue weighted by molar-refractivity contribution is -0.173. The number of allylic oxidation sites excluding steroid dienone is 4. The van der Waals surface area contributed by atoms with Crippen molar-refractivity contribution in [3.05, 3.63) is 48.6 Å². The van der Waals surface area contributed by atoms with Crippen molar-refractivity contribution in [1.29, 1.82) is 0 Å². The highest BCUT2D eigenvalue weighted by molar-refractivity contribution is 6.00. The zero-order chi connectivity index (χ0) is 18.8. The SMILES string of the molecule is CC(=O)C1(O)C=CC=CC1C(=O)OC(=O)C1C=CC=CC1(O)C(C)=O. The number of ether oxygens (including phenoxy) is 1. The lowest BCUT2D eigenvalue weighted by Gasteiger charge is -2.31. The van der Waals surface area contributed by atoms with Gasteiger partial charge >= 0.3 is 11.9 Å². The highest BCUT2D eigenvalue weighted by Gasteiger charge is 2.48. The van der Waals surface area contributed by atoms with Crippen LogP contribution in [0.15, 0.2) is 48.6 Å². The van der Waals surface area contributed by atoms with Gasteiger partial charge in [-0.2, -0.15) is 0 Å². The van der Waals surface area contributed by atoms with Crippen molar-refractivity contribution in [2.45, 2.75) is 25.0 Å². The van der Waals surface area contributed by atoms with Crippen molar-refractivity contribution in [2.75, 3.05) is 0 Å². The van der Waals surface area contributed by atoms with E-state index in [1.807, 2.05) is 0 Å². The highest BCUT2D eigenvalue weighted by Crippen LogP contribution is 2.30. The van der Waals surface area contributed by atoms with E-state index in [9.17, 15) is 29.4 Å². The molecule has 0 aromatic carbocycles. The molecule has 2 N–H and O–H groups in total. The number of rotatable bonds is 4. The first-order valence-electron chi connectivity index (χ1n) is 7.57. The highest BCUT2D eigenvalue weighted by atomic mass is 16.6. The van der Waals surface area contributed by atoms with E-state index in [2.05, 4.69) is 0 Å². The van der Waals surface area contributed by atoms with Crippen LogP contribution in [0.2, 0.25) is 0 Å². The molecule has 0 fully saturated rings. The van der Waals surface area contributed by atoms with Crippen molar-refractivity contribution < 1.29 is 34.1 Å². The van der Waals surface area contributed by atoms with E-state index in [0.29, 0.717) is 0 Å². The van der Waals surface area contributed by atoms with Crippen LogP contribution in [0.3, 0.4) is 0 Å². The standard InChI is InChI=1S/C18H18O7/c1-11(19)17(23)9-5-3-7-13(17)15(21)25-16(22)14-8-4-6-10-18(14,24)12(2)20/h3-10,13-14,23-24H,1-2H3. The first-order valence-corrected chi connectivity index (χ1v) is 7.57. The molecule has 0 radical (unpaired) electrons. The van der Waals surface area contributed by atoms with Gasteiger partial charge < -0.3 is 14.9 Å². The summed E-state index contributed by atoms with van der Waals surface area (Å²) in [5.41, 5.74) is -4.24. The second-order valence-electron chi connectivity index (χ2n) is 5.95. The molecule has 0 aromatic rings. The van der Waals surface area contributed by atoms with Gasteiger partial charge in [0.25, 0.3) is 0 Å². The number of hydrogen-bond donors (Lipinski definition) is 2. The van der Waals surface area contributed by atoms with Gasteiger partial charge in [0.1, 0.15) is 11.8 Å². The Morgan fingerprint density at radius 3 is 1.44 bits per heavy atom. The summed E-state index contributed by atoms with van der Waals surface area (Å²) in [5.74, 6) is -6.51. The fourth-order valence-corrected chi connectivity index (χ4v) is 2.67. The van der Waals surface area contributed by atoms with Gasteiger partial charge in [-0.3, -0.25) is 19.2 Å². The lowest BCUT2D eigenvalue weighted by Crippen LogP contribution is -2.50. The van der Waals surface area contributed by atoms with E-state index in [1.54, 1.807) is 0 Å². The van der Waals surface area contributed by atoms with Gasteiger partial charge in [-0.1, -0.05) is 36.5 Å². The molecule has 2 rings (SSSR count). The van der Waals surface area contributed by atoms with Crippen LogP contribution < -0.4 is 0 Å². The Labute approximate surface area is 144 Å². The molecular weight excluding hydrogens is 328 g/mol. The molecule has 0 saturated heterocycles. The van der Waals surface area contributed by atoms with Gasteiger partial charge in [-0.05, 0) is 26.0 Å². The summed E-state index contributed by atoms with van der Waals surface area (Å²) in [6.45, 7) is 2.21. The molecule has 4 atom stereocenters. The van der Waals surface area contributed by atoms with Crippen molar-refractivity contribution in [3.63, 3.8) is 0 Å². The second-order valence-corrected chi connectivity index (χ2v) is 5.95. The number of carbonyl (C=O) groups excluding carboxylic acids is 4. The Kier molecular flexibility index (Phi) is 5.01. The molecule has 4 unspecified atom stereocenters. The smallest absolute Gasteiger partial charge is 0.324 e. The Morgan fingerprint density at radius 1 is 0.760 bits per heavy atom. The van der Waals surface area contributed by atoms with E-state index in [1.165, 1.54) is 36.5 Å². The molecule has 0 amide bonds. The maximum atomic E-state index is 12.3. The molecule has 0 saturated carbocycles. The molecule has 0 bridgehead atoms. The quantitative estimate of drug-likeness (QED) is 0.551. The third kappa shape index (κ3) is 3.29. The van der Waals surface area contributed by atoms with Gasteiger partial charge in [0.05, 0.1) is 0 Å². The summed E-state index contributed by atoms with van der Waals surface area (Å²) >= 11 is 0. The van der Waals surface area contributed by atoms with Crippen LogP contribution in [-0.2, 0) is 23.9 Å². The molecule has 7 nitrogen and oxygen atoms in total. The Balaban J connectivity index is 2.21. The molecule has 132 valence electrons. The van der Waals surface area contributed by atoms with E-state index >= 15 is 0 Å². The van der Waals surface area contributed by atoms with Crippen molar-refractivity contribution in [2.24, 2.45) is 11.8 Å². The van der Waals surface area contributed by atoms with Crippen LogP contribution in [0.5, 0.6) is 0 Å². The number of ketones is 2. The summed E-state index contributed by atoms with van der Waals surface area (Å²) in [6.07, 6.45) is 10.4. The van der Waals surface area contributed by atoms with Crippen LogP contribution in [0.1, 0.15) is 13.8 Å². The topological polar surface area (TPSA) is 118 Å². The third-order valence-electron chi connectivity index (χ3n) is 4.32. The summed E-state index contributed by atoms with van der Waals surface area (Å²) in [5, 5.41) is 20.7. The first-order chi connectivity index (χ1) is 11.6. The average molecular weight is 346 g/mol. The number of esters is 2. The average Bonchev–Trinajstić information content (AvgIpc) is 2.55. The summed E-state index contributed by atoms with van der Waals surface area (Å²) < 4.78 is 4.75. The monoisotopic (exact) mass is 346 g/mol. The second kappa shape index (κ2) is 6.70. The van der Waals surface area contributed by atoms with Crippen LogP contribution in [0, 0.1) is 11.8 Å². The molecule has 0 aliphatic heterocycles. The lowest BCUT2D eigenvalue weighted by atomic mass is 9.80. The van der Waals surface area contributed by atoms with Crippen LogP contribution >= 0.6 is 0 Å². The first kappa shape index (κ1) is 18.7. The maximum absolute atomic E-state index is 12.3. The fourth-order valence-electron chi connectivity index (χ4n) is 2.67. The summed E-state index contributed by atoms with van der Waals surface area (Å²) in [7, 11) is 0. The van der Waals surface area contributed by atoms with Gasteiger partial charge in [0.15, 0.2) is 22.8 Å². The molecule has 2 aliphatic carbocycles. The molecule has 7 heteroatoms. The van der Waals surface area contributed by atoms with Gasteiger partial charge in [-0.25, -0.2) is 0 Å². The summed E-state index contributed by atoms with van der Waals surface area (Å²) in [4.78, 5) is 48.0. The normalized spacial score (nSPS) is 33.1. The Bertz CT molecular complexity index is 681. The van der Waals surface area contributed by atoms with Crippen LogP contribution in [0.25, 0.3) is 0 Å². The van der Waals surface area contributed by atoms with E-state index < -0.39 is 46.5 Å². The van der Waals surface area contributed by atoms with Crippen LogP contribution in [0.4, 0.5) is 0 Å². The van der Waals surface area contributed by atoms with Crippen LogP contribution in [-0.4, -0.2) is 44.9 Å².